The zero-order valence-corrected chi connectivity index (χ0v) is 27.2. The first kappa shape index (κ1) is 33.0. The van der Waals surface area contributed by atoms with E-state index in [0.717, 1.165) is 52.0 Å². The number of nitrogens with zero attached hydrogens (tertiary/aromatic N) is 5. The van der Waals surface area contributed by atoms with Crippen LogP contribution in [0.1, 0.15) is 70.3 Å². The average Bonchev–Trinajstić information content (AvgIpc) is 3.71. The zero-order chi connectivity index (χ0) is 33.4. The van der Waals surface area contributed by atoms with Gasteiger partial charge in [0, 0.05) is 98.0 Å². The molecule has 13 heteroatoms. The van der Waals surface area contributed by atoms with Gasteiger partial charge in [0.15, 0.2) is 0 Å². The van der Waals surface area contributed by atoms with Gasteiger partial charge in [0.1, 0.15) is 0 Å². The van der Waals surface area contributed by atoms with E-state index in [1.807, 2.05) is 69.2 Å². The highest BCUT2D eigenvalue weighted by Gasteiger charge is 2.33. The number of hydrogen-bond acceptors (Lipinski definition) is 6. The van der Waals surface area contributed by atoms with Gasteiger partial charge >= 0.3 is 0 Å². The van der Waals surface area contributed by atoms with Gasteiger partial charge in [-0.15, -0.1) is 0 Å². The third kappa shape index (κ3) is 6.61. The average molecular weight is 654 g/mol. The van der Waals surface area contributed by atoms with Gasteiger partial charge in [-0.1, -0.05) is 0 Å². The highest BCUT2D eigenvalue weighted by atomic mass is 19.3. The largest absolute Gasteiger partial charge is 0.381 e. The first-order valence-electron chi connectivity index (χ1n) is 16.2. The predicted molar refractivity (Wildman–Crippen MR) is 173 cm³/mol. The molecule has 2 fully saturated rings. The molecule has 0 aromatic carbocycles. The number of aromatic amines is 1. The van der Waals surface area contributed by atoms with Gasteiger partial charge in [0.25, 0.3) is 17.9 Å². The SMILES string of the molecule is Cc1cc(C)c(CNC(=O)c2cc3c(-c4cnn(C5CCOCC5)c4)ccn3c(C(C)N3CCN(C(F)C(F)F)CC3)c2C)c(=O)[nH]1. The second kappa shape index (κ2) is 13.7. The third-order valence-corrected chi connectivity index (χ3v) is 9.75. The number of pyridine rings is 2. The van der Waals surface area contributed by atoms with Crippen LogP contribution in [0.25, 0.3) is 16.6 Å². The lowest BCUT2D eigenvalue weighted by atomic mass is 9.99. The lowest BCUT2D eigenvalue weighted by molar-refractivity contribution is -0.0688. The van der Waals surface area contributed by atoms with Crippen molar-refractivity contribution in [3.8, 4) is 11.1 Å². The number of aryl methyl sites for hydroxylation is 2. The molecule has 4 aromatic rings. The van der Waals surface area contributed by atoms with Crippen molar-refractivity contribution in [2.45, 2.75) is 71.9 Å². The minimum absolute atomic E-state index is 0.0675. The summed E-state index contributed by atoms with van der Waals surface area (Å²) in [5.41, 5.74) is 6.56. The van der Waals surface area contributed by atoms with Gasteiger partial charge in [-0.25, -0.2) is 13.2 Å². The van der Waals surface area contributed by atoms with Crippen LogP contribution >= 0.6 is 0 Å². The highest BCUT2D eigenvalue weighted by molar-refractivity contribution is 5.98. The van der Waals surface area contributed by atoms with Crippen LogP contribution in [-0.2, 0) is 11.3 Å². The smallest absolute Gasteiger partial charge is 0.282 e. The molecule has 6 heterocycles. The second-order valence-electron chi connectivity index (χ2n) is 12.7. The van der Waals surface area contributed by atoms with Crippen LogP contribution in [0.2, 0.25) is 0 Å². The van der Waals surface area contributed by atoms with Gasteiger partial charge in [0.2, 0.25) is 6.30 Å². The van der Waals surface area contributed by atoms with E-state index in [1.165, 1.54) is 4.90 Å². The van der Waals surface area contributed by atoms with E-state index in [2.05, 4.69) is 24.7 Å². The number of carbonyl (C=O) groups is 1. The summed E-state index contributed by atoms with van der Waals surface area (Å²) in [5.74, 6) is -0.315. The molecule has 6 rings (SSSR count). The van der Waals surface area contributed by atoms with Crippen molar-refractivity contribution < 1.29 is 22.7 Å². The molecule has 47 heavy (non-hydrogen) atoms. The number of nitrogens with one attached hydrogen (secondary N) is 2. The number of fused-ring (bicyclic) bond motifs is 1. The highest BCUT2D eigenvalue weighted by Crippen LogP contribution is 2.35. The molecule has 10 nitrogen and oxygen atoms in total. The fourth-order valence-corrected chi connectivity index (χ4v) is 7.06. The molecule has 0 bridgehead atoms. The van der Waals surface area contributed by atoms with Gasteiger partial charge in [-0.05, 0) is 69.9 Å². The van der Waals surface area contributed by atoms with Crippen molar-refractivity contribution in [2.75, 3.05) is 39.4 Å². The summed E-state index contributed by atoms with van der Waals surface area (Å²) in [6.45, 7) is 10.2. The molecule has 0 saturated carbocycles. The van der Waals surface area contributed by atoms with E-state index in [4.69, 9.17) is 4.74 Å². The summed E-state index contributed by atoms with van der Waals surface area (Å²) >= 11 is 0. The molecule has 2 unspecified atom stereocenters. The second-order valence-corrected chi connectivity index (χ2v) is 12.7. The third-order valence-electron chi connectivity index (χ3n) is 9.75. The number of amides is 1. The first-order chi connectivity index (χ1) is 22.5. The molecule has 2 aliphatic heterocycles. The van der Waals surface area contributed by atoms with Crippen LogP contribution in [-0.4, -0.2) is 87.0 Å². The zero-order valence-electron chi connectivity index (χ0n) is 27.2. The normalized spacial score (nSPS) is 18.2. The van der Waals surface area contributed by atoms with E-state index in [-0.39, 0.29) is 43.2 Å². The number of H-pyrrole nitrogens is 1. The van der Waals surface area contributed by atoms with Crippen molar-refractivity contribution in [3.63, 3.8) is 0 Å². The Morgan fingerprint density at radius 3 is 2.47 bits per heavy atom. The lowest BCUT2D eigenvalue weighted by Gasteiger charge is -2.39. The Morgan fingerprint density at radius 1 is 1.09 bits per heavy atom. The Morgan fingerprint density at radius 2 is 1.79 bits per heavy atom. The Labute approximate surface area is 271 Å². The number of rotatable bonds is 9. The van der Waals surface area contributed by atoms with E-state index in [0.29, 0.717) is 37.4 Å². The van der Waals surface area contributed by atoms with Crippen LogP contribution in [0.3, 0.4) is 0 Å². The molecule has 1 amide bonds. The van der Waals surface area contributed by atoms with Gasteiger partial charge in [-0.3, -0.25) is 24.1 Å². The Balaban J connectivity index is 1.36. The predicted octanol–water partition coefficient (Wildman–Crippen LogP) is 4.94. The monoisotopic (exact) mass is 653 g/mol. The molecule has 2 N–H and O–H groups in total. The van der Waals surface area contributed by atoms with Gasteiger partial charge < -0.3 is 19.4 Å². The van der Waals surface area contributed by atoms with E-state index in [9.17, 15) is 22.8 Å². The molecule has 0 spiro atoms. The minimum atomic E-state index is -3.05. The van der Waals surface area contributed by atoms with Crippen LogP contribution in [0, 0.1) is 20.8 Å². The summed E-state index contributed by atoms with van der Waals surface area (Å²) in [6, 6.07) is 5.81. The Kier molecular flexibility index (Phi) is 9.58. The first-order valence-corrected chi connectivity index (χ1v) is 16.2. The van der Waals surface area contributed by atoms with Crippen molar-refractivity contribution in [2.24, 2.45) is 0 Å². The van der Waals surface area contributed by atoms with Crippen LogP contribution in [0.15, 0.2) is 41.6 Å². The van der Waals surface area contributed by atoms with Crippen molar-refractivity contribution >= 4 is 11.4 Å². The molecular formula is C34H42F3N7O3. The quantitative estimate of drug-likeness (QED) is 0.249. The number of piperazine rings is 1. The van der Waals surface area contributed by atoms with E-state index < -0.39 is 12.7 Å². The summed E-state index contributed by atoms with van der Waals surface area (Å²) in [5, 5.41) is 7.64. The van der Waals surface area contributed by atoms with Gasteiger partial charge in [-0.2, -0.15) is 5.10 Å². The van der Waals surface area contributed by atoms with E-state index >= 15 is 0 Å². The number of hydrogen-bond donors (Lipinski definition) is 2. The number of halogens is 3. The molecule has 2 saturated heterocycles. The van der Waals surface area contributed by atoms with Crippen LogP contribution < -0.4 is 10.9 Å². The maximum atomic E-state index is 14.1. The Bertz CT molecular complexity index is 1800. The number of carbonyl (C=O) groups excluding carboxylic acids is 1. The topological polar surface area (TPSA) is 99.9 Å². The molecule has 2 aliphatic rings. The molecule has 0 radical (unpaired) electrons. The molecule has 4 aromatic heterocycles. The summed E-state index contributed by atoms with van der Waals surface area (Å²) in [4.78, 5) is 32.7. The Hall–Kier alpha value is -3.94. The summed E-state index contributed by atoms with van der Waals surface area (Å²) < 4.78 is 49.8. The van der Waals surface area contributed by atoms with Crippen molar-refractivity contribution in [1.82, 2.24) is 34.3 Å². The molecule has 2 atom stereocenters. The van der Waals surface area contributed by atoms with Crippen molar-refractivity contribution in [1.29, 1.82) is 0 Å². The maximum absolute atomic E-state index is 14.1. The molecular weight excluding hydrogens is 611 g/mol. The van der Waals surface area contributed by atoms with Gasteiger partial charge in [0.05, 0.1) is 17.8 Å². The molecule has 0 aliphatic carbocycles. The fraction of sp³-hybridized carbons (Fsp3) is 0.500. The van der Waals surface area contributed by atoms with E-state index in [1.54, 1.807) is 0 Å². The molecule has 252 valence electrons. The van der Waals surface area contributed by atoms with Crippen molar-refractivity contribution in [3.05, 3.63) is 80.8 Å². The number of ether oxygens (including phenoxy) is 1. The fourth-order valence-electron chi connectivity index (χ4n) is 7.06. The van der Waals surface area contributed by atoms with Crippen LogP contribution in [0.4, 0.5) is 13.2 Å². The number of alkyl halides is 3. The number of aromatic nitrogens is 4. The standard InChI is InChI=1S/C34H42F3N7O3/c1-20-15-21(2)40-34(46)28(20)18-38-33(45)27-16-29-26(24-17-39-44(19-24)25-6-13-47-14-7-25)5-8-43(29)30(22(27)3)23(4)41-9-11-42(12-10-41)32(37)31(35)36/h5,8,15-17,19,23,25,31-32H,6-7,9-14,18H2,1-4H3,(H,38,45)(H,40,46). The maximum Gasteiger partial charge on any atom is 0.282 e. The minimum Gasteiger partial charge on any atom is -0.381 e. The summed E-state index contributed by atoms with van der Waals surface area (Å²) in [6.07, 6.45) is 2.30. The van der Waals surface area contributed by atoms with Crippen LogP contribution in [0.5, 0.6) is 0 Å². The summed E-state index contributed by atoms with van der Waals surface area (Å²) in [7, 11) is 0. The lowest BCUT2D eigenvalue weighted by Crippen LogP contribution is -2.51.